The molecule has 0 amide bonds. The third-order valence-corrected chi connectivity index (χ3v) is 3.47. The molecule has 0 spiro atoms. The maximum Gasteiger partial charge on any atom is 0.150 e. The van der Waals surface area contributed by atoms with Crippen LogP contribution in [0, 0.1) is 0 Å². The van der Waals surface area contributed by atoms with Gasteiger partial charge in [0.15, 0.2) is 0 Å². The Morgan fingerprint density at radius 1 is 1.33 bits per heavy atom. The van der Waals surface area contributed by atoms with Crippen LogP contribution in [0.25, 0.3) is 0 Å². The van der Waals surface area contributed by atoms with E-state index in [-0.39, 0.29) is 0 Å². The van der Waals surface area contributed by atoms with Gasteiger partial charge in [0.25, 0.3) is 0 Å². The van der Waals surface area contributed by atoms with Crippen molar-refractivity contribution in [3.05, 3.63) is 11.6 Å². The van der Waals surface area contributed by atoms with Gasteiger partial charge in [0, 0.05) is 13.1 Å². The average Bonchev–Trinajstić information content (AvgIpc) is 2.83. The molecular formula is C10H17N5. The van der Waals surface area contributed by atoms with Crippen molar-refractivity contribution in [3.8, 4) is 0 Å². The lowest BCUT2D eigenvalue weighted by Gasteiger charge is -2.22. The highest BCUT2D eigenvalue weighted by Crippen LogP contribution is 2.29. The number of rotatable bonds is 1. The molecule has 15 heavy (non-hydrogen) atoms. The van der Waals surface area contributed by atoms with Gasteiger partial charge in [-0.2, -0.15) is 0 Å². The first-order chi connectivity index (χ1) is 7.36. The van der Waals surface area contributed by atoms with Crippen LogP contribution >= 0.6 is 0 Å². The molecule has 1 N–H and O–H groups in total. The minimum atomic E-state index is 0.490. The lowest BCUT2D eigenvalue weighted by Crippen LogP contribution is -2.31. The number of nitrogens with zero attached hydrogens (tertiary/aromatic N) is 4. The molecule has 1 aromatic rings. The smallest absolute Gasteiger partial charge is 0.150 e. The van der Waals surface area contributed by atoms with Crippen LogP contribution in [0.2, 0.25) is 0 Å². The van der Waals surface area contributed by atoms with Gasteiger partial charge in [0.2, 0.25) is 0 Å². The monoisotopic (exact) mass is 207 g/mol. The van der Waals surface area contributed by atoms with E-state index in [2.05, 4.69) is 32.0 Å². The number of aromatic nitrogens is 3. The molecule has 1 atom stereocenters. The highest BCUT2D eigenvalue weighted by atomic mass is 15.3. The summed E-state index contributed by atoms with van der Waals surface area (Å²) < 4.78 is 2.29. The lowest BCUT2D eigenvalue weighted by atomic mass is 10.2. The quantitative estimate of drug-likeness (QED) is 0.712. The fourth-order valence-corrected chi connectivity index (χ4v) is 2.60. The summed E-state index contributed by atoms with van der Waals surface area (Å²) in [6, 6.07) is 0.490. The zero-order valence-electron chi connectivity index (χ0n) is 9.11. The Balaban J connectivity index is 1.94. The van der Waals surface area contributed by atoms with Crippen molar-refractivity contribution < 1.29 is 0 Å². The zero-order valence-corrected chi connectivity index (χ0v) is 9.11. The second kappa shape index (κ2) is 3.57. The molecule has 3 heterocycles. The van der Waals surface area contributed by atoms with Crippen molar-refractivity contribution in [1.29, 1.82) is 0 Å². The topological polar surface area (TPSA) is 46.0 Å². The molecule has 5 nitrogen and oxygen atoms in total. The summed E-state index contributed by atoms with van der Waals surface area (Å²) in [6.45, 7) is 4.10. The highest BCUT2D eigenvalue weighted by molar-refractivity contribution is 5.05. The van der Waals surface area contributed by atoms with Crippen LogP contribution in [0.1, 0.15) is 30.5 Å². The van der Waals surface area contributed by atoms with Gasteiger partial charge in [-0.3, -0.25) is 4.90 Å². The summed E-state index contributed by atoms with van der Waals surface area (Å²) in [7, 11) is 2.18. The maximum atomic E-state index is 4.36. The molecule has 1 saturated heterocycles. The van der Waals surface area contributed by atoms with Crippen LogP contribution in [0.5, 0.6) is 0 Å². The number of likely N-dealkylation sites (tertiary alicyclic amines) is 1. The number of fused-ring (bicyclic) bond motifs is 1. The molecule has 1 aromatic heterocycles. The molecule has 82 valence electrons. The second-order valence-corrected chi connectivity index (χ2v) is 4.44. The van der Waals surface area contributed by atoms with Crippen LogP contribution < -0.4 is 5.32 Å². The summed E-state index contributed by atoms with van der Waals surface area (Å²) in [5, 5.41) is 11.9. The maximum absolute atomic E-state index is 4.36. The Bertz CT molecular complexity index is 359. The first-order valence-corrected chi connectivity index (χ1v) is 5.69. The van der Waals surface area contributed by atoms with Gasteiger partial charge in [-0.15, -0.1) is 10.2 Å². The minimum Gasteiger partial charge on any atom is -0.311 e. The molecular weight excluding hydrogens is 190 g/mol. The lowest BCUT2D eigenvalue weighted by molar-refractivity contribution is 0.294. The van der Waals surface area contributed by atoms with Crippen LogP contribution in [-0.2, 0) is 13.1 Å². The third kappa shape index (κ3) is 1.46. The molecule has 2 aliphatic heterocycles. The Hall–Kier alpha value is -0.940. The van der Waals surface area contributed by atoms with Crippen molar-refractivity contribution >= 4 is 0 Å². The van der Waals surface area contributed by atoms with Gasteiger partial charge in [-0.1, -0.05) is 0 Å². The van der Waals surface area contributed by atoms with E-state index in [0.717, 1.165) is 25.5 Å². The fourth-order valence-electron chi connectivity index (χ4n) is 2.60. The van der Waals surface area contributed by atoms with Gasteiger partial charge in [-0.25, -0.2) is 0 Å². The molecule has 0 radical (unpaired) electrons. The van der Waals surface area contributed by atoms with Gasteiger partial charge < -0.3 is 9.88 Å². The van der Waals surface area contributed by atoms with Crippen molar-refractivity contribution in [2.24, 2.45) is 0 Å². The molecule has 5 heteroatoms. The summed E-state index contributed by atoms with van der Waals surface area (Å²) in [5.41, 5.74) is 0. The Labute approximate surface area is 89.5 Å². The first kappa shape index (κ1) is 9.30. The summed E-state index contributed by atoms with van der Waals surface area (Å²) in [4.78, 5) is 2.39. The van der Waals surface area contributed by atoms with Crippen molar-refractivity contribution in [2.75, 3.05) is 20.1 Å². The Morgan fingerprint density at radius 3 is 3.07 bits per heavy atom. The Kier molecular flexibility index (Phi) is 2.21. The van der Waals surface area contributed by atoms with Gasteiger partial charge in [0.05, 0.1) is 12.6 Å². The predicted molar refractivity (Wildman–Crippen MR) is 56.3 cm³/mol. The normalized spacial score (nSPS) is 26.9. The van der Waals surface area contributed by atoms with Gasteiger partial charge in [0.1, 0.15) is 11.6 Å². The van der Waals surface area contributed by atoms with Crippen molar-refractivity contribution in [3.63, 3.8) is 0 Å². The number of hydrogen-bond acceptors (Lipinski definition) is 4. The van der Waals surface area contributed by atoms with E-state index < -0.39 is 0 Å². The molecule has 3 rings (SSSR count). The van der Waals surface area contributed by atoms with Crippen LogP contribution in [-0.4, -0.2) is 39.8 Å². The van der Waals surface area contributed by atoms with Crippen molar-refractivity contribution in [2.45, 2.75) is 32.0 Å². The molecule has 1 fully saturated rings. The first-order valence-electron chi connectivity index (χ1n) is 5.69. The fraction of sp³-hybridized carbons (Fsp3) is 0.800. The number of nitrogens with one attached hydrogen (secondary N) is 1. The Morgan fingerprint density at radius 2 is 2.27 bits per heavy atom. The van der Waals surface area contributed by atoms with E-state index in [1.54, 1.807) is 0 Å². The highest BCUT2D eigenvalue weighted by Gasteiger charge is 2.29. The second-order valence-electron chi connectivity index (χ2n) is 4.44. The largest absolute Gasteiger partial charge is 0.311 e. The van der Waals surface area contributed by atoms with E-state index in [1.165, 1.54) is 25.2 Å². The minimum absolute atomic E-state index is 0.490. The van der Waals surface area contributed by atoms with Crippen LogP contribution in [0.15, 0.2) is 0 Å². The molecule has 0 saturated carbocycles. The average molecular weight is 207 g/mol. The number of hydrogen-bond donors (Lipinski definition) is 1. The zero-order chi connectivity index (χ0) is 10.3. The van der Waals surface area contributed by atoms with Crippen LogP contribution in [0.3, 0.4) is 0 Å². The molecule has 1 unspecified atom stereocenters. The van der Waals surface area contributed by atoms with Gasteiger partial charge in [-0.05, 0) is 26.4 Å². The molecule has 0 aromatic carbocycles. The van der Waals surface area contributed by atoms with E-state index in [0.29, 0.717) is 6.04 Å². The predicted octanol–water partition coefficient (Wildman–Crippen LogP) is 0.148. The summed E-state index contributed by atoms with van der Waals surface area (Å²) in [6.07, 6.45) is 2.50. The molecule has 0 bridgehead atoms. The summed E-state index contributed by atoms with van der Waals surface area (Å²) in [5.74, 6) is 2.27. The van der Waals surface area contributed by atoms with E-state index in [1.807, 2.05) is 0 Å². The molecule has 2 aliphatic rings. The van der Waals surface area contributed by atoms with Crippen molar-refractivity contribution in [1.82, 2.24) is 25.0 Å². The summed E-state index contributed by atoms with van der Waals surface area (Å²) >= 11 is 0. The SMILES string of the molecule is CN1CCCC1c1nnc2n1CCNC2. The van der Waals surface area contributed by atoms with Crippen LogP contribution in [0.4, 0.5) is 0 Å². The third-order valence-electron chi connectivity index (χ3n) is 3.47. The van der Waals surface area contributed by atoms with E-state index >= 15 is 0 Å². The van der Waals surface area contributed by atoms with E-state index in [4.69, 9.17) is 0 Å². The standard InChI is InChI=1S/C10H17N5/c1-14-5-2-3-8(14)10-13-12-9-7-11-4-6-15(9)10/h8,11H,2-7H2,1H3. The van der Waals surface area contributed by atoms with E-state index in [9.17, 15) is 0 Å². The molecule has 0 aliphatic carbocycles. The van der Waals surface area contributed by atoms with Gasteiger partial charge >= 0.3 is 0 Å².